The Labute approximate surface area is 83.1 Å². The smallest absolute Gasteiger partial charge is 0.350 e. The van der Waals surface area contributed by atoms with Crippen LogP contribution in [0.3, 0.4) is 0 Å². The first-order chi connectivity index (χ1) is 6.68. The Morgan fingerprint density at radius 2 is 2.21 bits per heavy atom. The molecule has 1 fully saturated rings. The standard InChI is InChI=1S/C7H7N3O3S/c11-6(8-3-1-2-3)4-5(7(12)13)14-10-9-4/h3H,1-2H2,(H,8,11)(H,12,13). The molecule has 1 saturated carbocycles. The zero-order valence-corrected chi connectivity index (χ0v) is 7.87. The van der Waals surface area contributed by atoms with Gasteiger partial charge in [-0.25, -0.2) is 4.79 Å². The number of rotatable bonds is 3. The quantitative estimate of drug-likeness (QED) is 0.744. The third kappa shape index (κ3) is 1.72. The Hall–Kier alpha value is -1.50. The van der Waals surface area contributed by atoms with E-state index in [1.54, 1.807) is 0 Å². The minimum absolute atomic E-state index is 0.0885. The van der Waals surface area contributed by atoms with Gasteiger partial charge in [-0.05, 0) is 24.4 Å². The zero-order valence-electron chi connectivity index (χ0n) is 7.06. The van der Waals surface area contributed by atoms with Gasteiger partial charge in [0, 0.05) is 6.04 Å². The molecule has 14 heavy (non-hydrogen) atoms. The van der Waals surface area contributed by atoms with Crippen molar-refractivity contribution < 1.29 is 14.7 Å². The molecule has 0 aromatic carbocycles. The Morgan fingerprint density at radius 1 is 1.50 bits per heavy atom. The first-order valence-electron chi connectivity index (χ1n) is 4.05. The molecule has 0 saturated heterocycles. The average Bonchev–Trinajstić information content (AvgIpc) is 2.81. The van der Waals surface area contributed by atoms with E-state index in [1.807, 2.05) is 0 Å². The van der Waals surface area contributed by atoms with Gasteiger partial charge in [0.2, 0.25) is 0 Å². The number of amides is 1. The van der Waals surface area contributed by atoms with Gasteiger partial charge >= 0.3 is 5.97 Å². The van der Waals surface area contributed by atoms with Crippen molar-refractivity contribution in [1.82, 2.24) is 14.9 Å². The molecule has 0 spiro atoms. The molecule has 0 radical (unpaired) electrons. The summed E-state index contributed by atoms with van der Waals surface area (Å²) in [6.45, 7) is 0. The average molecular weight is 213 g/mol. The molecule has 1 amide bonds. The molecule has 0 aliphatic heterocycles. The maximum absolute atomic E-state index is 11.4. The van der Waals surface area contributed by atoms with Gasteiger partial charge in [-0.2, -0.15) is 0 Å². The largest absolute Gasteiger partial charge is 0.477 e. The molecule has 1 aromatic rings. The van der Waals surface area contributed by atoms with Crippen LogP contribution in [0.1, 0.15) is 33.0 Å². The van der Waals surface area contributed by atoms with Crippen LogP contribution in [0.2, 0.25) is 0 Å². The van der Waals surface area contributed by atoms with Crippen LogP contribution in [0.15, 0.2) is 0 Å². The van der Waals surface area contributed by atoms with Gasteiger partial charge in [-0.1, -0.05) is 4.49 Å². The lowest BCUT2D eigenvalue weighted by Gasteiger charge is -1.98. The molecule has 1 heterocycles. The van der Waals surface area contributed by atoms with Crippen LogP contribution >= 0.6 is 11.5 Å². The molecule has 2 rings (SSSR count). The second-order valence-corrected chi connectivity index (χ2v) is 3.76. The summed E-state index contributed by atoms with van der Waals surface area (Å²) in [5.74, 6) is -1.61. The molecule has 2 N–H and O–H groups in total. The first-order valence-corrected chi connectivity index (χ1v) is 4.82. The number of aromatic nitrogens is 2. The lowest BCUT2D eigenvalue weighted by atomic mass is 10.3. The second kappa shape index (κ2) is 3.33. The maximum atomic E-state index is 11.4. The first kappa shape index (κ1) is 9.07. The lowest BCUT2D eigenvalue weighted by Crippen LogP contribution is -2.27. The van der Waals surface area contributed by atoms with Crippen molar-refractivity contribution in [3.05, 3.63) is 10.6 Å². The Morgan fingerprint density at radius 3 is 2.79 bits per heavy atom. The summed E-state index contributed by atoms with van der Waals surface area (Å²) in [5, 5.41) is 14.9. The number of carboxylic acid groups (broad SMARTS) is 1. The monoisotopic (exact) mass is 213 g/mol. The number of hydrogen-bond donors (Lipinski definition) is 2. The fourth-order valence-electron chi connectivity index (χ4n) is 0.961. The highest BCUT2D eigenvalue weighted by Gasteiger charge is 2.28. The molecule has 6 nitrogen and oxygen atoms in total. The molecule has 7 heteroatoms. The van der Waals surface area contributed by atoms with Crippen molar-refractivity contribution in [3.63, 3.8) is 0 Å². The molecule has 74 valence electrons. The molecule has 0 atom stereocenters. The van der Waals surface area contributed by atoms with Crippen LogP contribution in [0.25, 0.3) is 0 Å². The lowest BCUT2D eigenvalue weighted by molar-refractivity contribution is 0.0696. The predicted molar refractivity (Wildman–Crippen MR) is 47.4 cm³/mol. The Balaban J connectivity index is 2.17. The molecule has 0 bridgehead atoms. The highest BCUT2D eigenvalue weighted by molar-refractivity contribution is 7.08. The fraction of sp³-hybridized carbons (Fsp3) is 0.429. The summed E-state index contributed by atoms with van der Waals surface area (Å²) in [5.41, 5.74) is -0.0885. The zero-order chi connectivity index (χ0) is 10.1. The van der Waals surface area contributed by atoms with E-state index in [2.05, 4.69) is 14.9 Å². The number of nitrogens with zero attached hydrogens (tertiary/aromatic N) is 2. The van der Waals surface area contributed by atoms with E-state index in [0.717, 1.165) is 12.8 Å². The van der Waals surface area contributed by atoms with E-state index < -0.39 is 11.9 Å². The maximum Gasteiger partial charge on any atom is 0.350 e. The molecule has 1 aromatic heterocycles. The van der Waals surface area contributed by atoms with Crippen LogP contribution in [-0.4, -0.2) is 32.6 Å². The van der Waals surface area contributed by atoms with Gasteiger partial charge in [-0.15, -0.1) is 5.10 Å². The molecular weight excluding hydrogens is 206 g/mol. The molecule has 1 aliphatic rings. The predicted octanol–water partition coefficient (Wildman–Crippen LogP) is 0.129. The van der Waals surface area contributed by atoms with E-state index in [0.29, 0.717) is 11.5 Å². The topological polar surface area (TPSA) is 92.2 Å². The van der Waals surface area contributed by atoms with Gasteiger partial charge in [-0.3, -0.25) is 4.79 Å². The third-order valence-electron chi connectivity index (χ3n) is 1.81. The van der Waals surface area contributed by atoms with Gasteiger partial charge in [0.25, 0.3) is 5.91 Å². The molecule has 1 aliphatic carbocycles. The second-order valence-electron chi connectivity index (χ2n) is 3.00. The van der Waals surface area contributed by atoms with Gasteiger partial charge in [0.15, 0.2) is 10.6 Å². The van der Waals surface area contributed by atoms with Crippen LogP contribution in [-0.2, 0) is 0 Å². The van der Waals surface area contributed by atoms with Gasteiger partial charge in [0.05, 0.1) is 0 Å². The summed E-state index contributed by atoms with van der Waals surface area (Å²) < 4.78 is 3.44. The van der Waals surface area contributed by atoms with Gasteiger partial charge < -0.3 is 10.4 Å². The van der Waals surface area contributed by atoms with Crippen molar-refractivity contribution in [2.45, 2.75) is 18.9 Å². The van der Waals surface area contributed by atoms with Gasteiger partial charge in [0.1, 0.15) is 0 Å². The minimum atomic E-state index is -1.17. The summed E-state index contributed by atoms with van der Waals surface area (Å²) in [6, 6.07) is 0.186. The Bertz CT molecular complexity index is 385. The number of carbonyl (C=O) groups is 2. The van der Waals surface area contributed by atoms with E-state index in [9.17, 15) is 9.59 Å². The summed E-state index contributed by atoms with van der Waals surface area (Å²) in [4.78, 5) is 21.9. The highest BCUT2D eigenvalue weighted by atomic mass is 32.1. The highest BCUT2D eigenvalue weighted by Crippen LogP contribution is 2.20. The number of carboxylic acids is 1. The normalized spacial score (nSPS) is 15.1. The van der Waals surface area contributed by atoms with Crippen LogP contribution in [0, 0.1) is 0 Å². The van der Waals surface area contributed by atoms with E-state index in [1.165, 1.54) is 0 Å². The molecular formula is C7H7N3O3S. The summed E-state index contributed by atoms with van der Waals surface area (Å²) >= 11 is 0.712. The van der Waals surface area contributed by atoms with Crippen molar-refractivity contribution in [2.24, 2.45) is 0 Å². The van der Waals surface area contributed by atoms with Crippen molar-refractivity contribution in [1.29, 1.82) is 0 Å². The van der Waals surface area contributed by atoms with Crippen molar-refractivity contribution in [3.8, 4) is 0 Å². The third-order valence-corrected chi connectivity index (χ3v) is 2.52. The fourth-order valence-corrected chi connectivity index (χ4v) is 1.46. The number of carbonyl (C=O) groups excluding carboxylic acids is 1. The van der Waals surface area contributed by atoms with Crippen molar-refractivity contribution in [2.75, 3.05) is 0 Å². The van der Waals surface area contributed by atoms with E-state index >= 15 is 0 Å². The number of aromatic carboxylic acids is 1. The minimum Gasteiger partial charge on any atom is -0.477 e. The Kier molecular flexibility index (Phi) is 2.16. The van der Waals surface area contributed by atoms with Crippen LogP contribution in [0.5, 0.6) is 0 Å². The summed E-state index contributed by atoms with van der Waals surface area (Å²) in [6.07, 6.45) is 1.90. The number of hydrogen-bond acceptors (Lipinski definition) is 5. The van der Waals surface area contributed by atoms with Crippen LogP contribution < -0.4 is 5.32 Å². The van der Waals surface area contributed by atoms with Crippen LogP contribution in [0.4, 0.5) is 0 Å². The summed E-state index contributed by atoms with van der Waals surface area (Å²) in [7, 11) is 0. The van der Waals surface area contributed by atoms with E-state index in [-0.39, 0.29) is 16.6 Å². The van der Waals surface area contributed by atoms with Crippen molar-refractivity contribution >= 4 is 23.4 Å². The SMILES string of the molecule is O=C(NC1CC1)c1nnsc1C(=O)O. The molecule has 0 unspecified atom stereocenters. The number of nitrogens with one attached hydrogen (secondary N) is 1. The van der Waals surface area contributed by atoms with E-state index in [4.69, 9.17) is 5.11 Å².